The number of aromatic nitrogens is 2. The van der Waals surface area contributed by atoms with Gasteiger partial charge in [0.25, 0.3) is 0 Å². The SMILES string of the molecule is C=C(C)Cn1cccnc1=O. The maximum absolute atomic E-state index is 11.0. The van der Waals surface area contributed by atoms with Gasteiger partial charge in [-0.3, -0.25) is 4.57 Å². The van der Waals surface area contributed by atoms with Gasteiger partial charge in [0, 0.05) is 18.9 Å². The maximum Gasteiger partial charge on any atom is 0.347 e. The van der Waals surface area contributed by atoms with Crippen LogP contribution < -0.4 is 5.69 Å². The standard InChI is InChI=1S/C8H10N2O/c1-7(2)6-10-5-3-4-9-8(10)11/h3-5H,1,6H2,2H3. The van der Waals surface area contributed by atoms with Crippen LogP contribution in [0.25, 0.3) is 0 Å². The molecular formula is C8H10N2O. The molecule has 0 aliphatic carbocycles. The van der Waals surface area contributed by atoms with Crippen molar-refractivity contribution >= 4 is 0 Å². The summed E-state index contributed by atoms with van der Waals surface area (Å²) in [5.74, 6) is 0. The van der Waals surface area contributed by atoms with E-state index in [9.17, 15) is 4.79 Å². The van der Waals surface area contributed by atoms with E-state index in [4.69, 9.17) is 0 Å². The van der Waals surface area contributed by atoms with Gasteiger partial charge in [-0.15, -0.1) is 0 Å². The van der Waals surface area contributed by atoms with Gasteiger partial charge in [0.05, 0.1) is 0 Å². The molecule has 1 aromatic heterocycles. The lowest BCUT2D eigenvalue weighted by Gasteiger charge is -2.01. The lowest BCUT2D eigenvalue weighted by atomic mass is 10.3. The van der Waals surface area contributed by atoms with Crippen molar-refractivity contribution in [3.8, 4) is 0 Å². The molecule has 1 aromatic rings. The molecule has 0 saturated carbocycles. The first-order chi connectivity index (χ1) is 5.20. The number of hydrogen-bond acceptors (Lipinski definition) is 2. The van der Waals surface area contributed by atoms with Gasteiger partial charge >= 0.3 is 5.69 Å². The van der Waals surface area contributed by atoms with Crippen LogP contribution in [-0.4, -0.2) is 9.55 Å². The van der Waals surface area contributed by atoms with Crippen LogP contribution in [0.1, 0.15) is 6.92 Å². The van der Waals surface area contributed by atoms with Crippen molar-refractivity contribution in [2.45, 2.75) is 13.5 Å². The largest absolute Gasteiger partial charge is 0.347 e. The van der Waals surface area contributed by atoms with Crippen LogP contribution in [0.5, 0.6) is 0 Å². The number of nitrogens with zero attached hydrogens (tertiary/aromatic N) is 2. The average molecular weight is 150 g/mol. The van der Waals surface area contributed by atoms with Crippen LogP contribution in [0, 0.1) is 0 Å². The predicted octanol–water partition coefficient (Wildman–Crippen LogP) is 0.819. The molecule has 0 bridgehead atoms. The van der Waals surface area contributed by atoms with Crippen LogP contribution >= 0.6 is 0 Å². The average Bonchev–Trinajstić information content (AvgIpc) is 1.93. The Bertz CT molecular complexity index is 314. The topological polar surface area (TPSA) is 34.9 Å². The molecule has 3 nitrogen and oxygen atoms in total. The highest BCUT2D eigenvalue weighted by molar-refractivity contribution is 4.91. The number of rotatable bonds is 2. The van der Waals surface area contributed by atoms with Crippen LogP contribution in [0.2, 0.25) is 0 Å². The second-order valence-corrected chi connectivity index (χ2v) is 2.49. The van der Waals surface area contributed by atoms with E-state index in [1.165, 1.54) is 10.8 Å². The zero-order valence-electron chi connectivity index (χ0n) is 6.45. The fourth-order valence-corrected chi connectivity index (χ4v) is 0.798. The molecule has 0 saturated heterocycles. The highest BCUT2D eigenvalue weighted by atomic mass is 16.1. The van der Waals surface area contributed by atoms with E-state index in [1.54, 1.807) is 12.3 Å². The van der Waals surface area contributed by atoms with Crippen LogP contribution in [0.3, 0.4) is 0 Å². The summed E-state index contributed by atoms with van der Waals surface area (Å²) < 4.78 is 1.52. The highest BCUT2D eigenvalue weighted by Gasteiger charge is 1.92. The molecule has 0 amide bonds. The van der Waals surface area contributed by atoms with Crippen LogP contribution in [-0.2, 0) is 6.54 Å². The summed E-state index contributed by atoms with van der Waals surface area (Å²) >= 11 is 0. The summed E-state index contributed by atoms with van der Waals surface area (Å²) in [6, 6.07) is 1.73. The smallest absolute Gasteiger partial charge is 0.295 e. The summed E-state index contributed by atoms with van der Waals surface area (Å²) in [4.78, 5) is 14.6. The zero-order valence-corrected chi connectivity index (χ0v) is 6.45. The van der Waals surface area contributed by atoms with Gasteiger partial charge in [0.1, 0.15) is 0 Å². The first-order valence-corrected chi connectivity index (χ1v) is 3.36. The van der Waals surface area contributed by atoms with Gasteiger partial charge in [-0.1, -0.05) is 12.2 Å². The fraction of sp³-hybridized carbons (Fsp3) is 0.250. The third kappa shape index (κ3) is 2.04. The molecule has 0 atom stereocenters. The van der Waals surface area contributed by atoms with E-state index in [2.05, 4.69) is 11.6 Å². The van der Waals surface area contributed by atoms with E-state index in [0.29, 0.717) is 6.54 Å². The first-order valence-electron chi connectivity index (χ1n) is 3.36. The molecule has 58 valence electrons. The van der Waals surface area contributed by atoms with Crippen molar-refractivity contribution < 1.29 is 0 Å². The summed E-state index contributed by atoms with van der Waals surface area (Å²) in [5.41, 5.74) is 0.718. The van der Waals surface area contributed by atoms with Crippen LogP contribution in [0.15, 0.2) is 35.4 Å². The molecule has 1 rings (SSSR count). The Morgan fingerprint density at radius 3 is 3.09 bits per heavy atom. The third-order valence-electron chi connectivity index (χ3n) is 1.22. The van der Waals surface area contributed by atoms with E-state index >= 15 is 0 Å². The Balaban J connectivity index is 2.95. The predicted molar refractivity (Wildman–Crippen MR) is 43.3 cm³/mol. The minimum absolute atomic E-state index is 0.226. The monoisotopic (exact) mass is 150 g/mol. The molecule has 0 aromatic carbocycles. The Morgan fingerprint density at radius 1 is 1.82 bits per heavy atom. The second kappa shape index (κ2) is 3.14. The molecule has 0 spiro atoms. The summed E-state index contributed by atoms with van der Waals surface area (Å²) in [6.45, 7) is 6.13. The third-order valence-corrected chi connectivity index (χ3v) is 1.22. The Kier molecular flexibility index (Phi) is 2.21. The molecule has 0 aliphatic heterocycles. The minimum atomic E-state index is -0.226. The molecule has 1 heterocycles. The van der Waals surface area contributed by atoms with Crippen molar-refractivity contribution in [3.05, 3.63) is 41.1 Å². The van der Waals surface area contributed by atoms with Gasteiger partial charge in [-0.25, -0.2) is 9.78 Å². The first kappa shape index (κ1) is 7.72. The van der Waals surface area contributed by atoms with Gasteiger partial charge in [-0.2, -0.15) is 0 Å². The Labute approximate surface area is 65.0 Å². The van der Waals surface area contributed by atoms with Crippen molar-refractivity contribution in [2.75, 3.05) is 0 Å². The normalized spacial score (nSPS) is 9.55. The molecule has 0 aliphatic rings. The molecule has 0 unspecified atom stereocenters. The van der Waals surface area contributed by atoms with Crippen molar-refractivity contribution in [3.63, 3.8) is 0 Å². The van der Waals surface area contributed by atoms with E-state index < -0.39 is 0 Å². The molecule has 3 heteroatoms. The zero-order chi connectivity index (χ0) is 8.27. The lowest BCUT2D eigenvalue weighted by molar-refractivity contribution is 0.718. The van der Waals surface area contributed by atoms with E-state index in [0.717, 1.165) is 5.57 Å². The van der Waals surface area contributed by atoms with Crippen LogP contribution in [0.4, 0.5) is 0 Å². The second-order valence-electron chi connectivity index (χ2n) is 2.49. The van der Waals surface area contributed by atoms with Crippen molar-refractivity contribution in [2.24, 2.45) is 0 Å². The molecule has 0 fully saturated rings. The quantitative estimate of drug-likeness (QED) is 0.585. The molecule has 0 N–H and O–H groups in total. The van der Waals surface area contributed by atoms with E-state index in [1.807, 2.05) is 6.92 Å². The lowest BCUT2D eigenvalue weighted by Crippen LogP contribution is -2.21. The summed E-state index contributed by atoms with van der Waals surface area (Å²) in [7, 11) is 0. The van der Waals surface area contributed by atoms with Crippen molar-refractivity contribution in [1.82, 2.24) is 9.55 Å². The Morgan fingerprint density at radius 2 is 2.55 bits per heavy atom. The molecule has 11 heavy (non-hydrogen) atoms. The maximum atomic E-state index is 11.0. The highest BCUT2D eigenvalue weighted by Crippen LogP contribution is 1.89. The number of allylic oxidation sites excluding steroid dienone is 1. The molecular weight excluding hydrogens is 140 g/mol. The van der Waals surface area contributed by atoms with Gasteiger partial charge in [0.15, 0.2) is 0 Å². The number of hydrogen-bond donors (Lipinski definition) is 0. The molecule has 0 radical (unpaired) electrons. The van der Waals surface area contributed by atoms with Crippen molar-refractivity contribution in [1.29, 1.82) is 0 Å². The van der Waals surface area contributed by atoms with Gasteiger partial charge in [0.2, 0.25) is 0 Å². The summed E-state index contributed by atoms with van der Waals surface area (Å²) in [6.07, 6.45) is 3.18. The van der Waals surface area contributed by atoms with Gasteiger partial charge < -0.3 is 0 Å². The minimum Gasteiger partial charge on any atom is -0.295 e. The fourth-order valence-electron chi connectivity index (χ4n) is 0.798. The van der Waals surface area contributed by atoms with E-state index in [-0.39, 0.29) is 5.69 Å². The summed E-state index contributed by atoms with van der Waals surface area (Å²) in [5, 5.41) is 0. The Hall–Kier alpha value is -1.38. The van der Waals surface area contributed by atoms with Gasteiger partial charge in [-0.05, 0) is 13.0 Å².